The number of nitrogens with zero attached hydrogens (tertiary/aromatic N) is 1. The van der Waals surface area contributed by atoms with Gasteiger partial charge in [-0.25, -0.2) is 0 Å². The van der Waals surface area contributed by atoms with Crippen molar-refractivity contribution in [1.29, 1.82) is 0 Å². The minimum Gasteiger partial charge on any atom is -0.253 e. The van der Waals surface area contributed by atoms with Crippen molar-refractivity contribution < 1.29 is 0 Å². The van der Waals surface area contributed by atoms with Gasteiger partial charge in [-0.2, -0.15) is 0 Å². The molecule has 3 aliphatic rings. The molecular weight excluding hydrogens is 254 g/mol. The van der Waals surface area contributed by atoms with Gasteiger partial charge in [-0.15, -0.1) is 0 Å². The highest BCUT2D eigenvalue weighted by molar-refractivity contribution is 6.06. The molecule has 1 nitrogen and oxygen atoms in total. The Kier molecular flexibility index (Phi) is 3.84. The van der Waals surface area contributed by atoms with Crippen molar-refractivity contribution in [2.75, 3.05) is 0 Å². The molecule has 0 fully saturated rings. The molecule has 1 aliphatic heterocycles. The first-order chi connectivity index (χ1) is 10.1. The average molecular weight is 279 g/mol. The van der Waals surface area contributed by atoms with E-state index < -0.39 is 0 Å². The van der Waals surface area contributed by atoms with E-state index in [0.29, 0.717) is 5.92 Å². The van der Waals surface area contributed by atoms with E-state index in [0.717, 1.165) is 6.42 Å². The summed E-state index contributed by atoms with van der Waals surface area (Å²) in [7, 11) is 0. The molecule has 0 aromatic heterocycles. The molecule has 0 saturated carbocycles. The summed E-state index contributed by atoms with van der Waals surface area (Å²) in [5.74, 6) is 0.425. The summed E-state index contributed by atoms with van der Waals surface area (Å²) in [5, 5.41) is 0. The summed E-state index contributed by atoms with van der Waals surface area (Å²) in [4.78, 5) is 4.80. The van der Waals surface area contributed by atoms with Crippen molar-refractivity contribution in [2.24, 2.45) is 10.9 Å². The van der Waals surface area contributed by atoms with Crippen molar-refractivity contribution >= 4 is 5.71 Å². The lowest BCUT2D eigenvalue weighted by molar-refractivity contribution is 0.797. The predicted molar refractivity (Wildman–Crippen MR) is 91.4 cm³/mol. The van der Waals surface area contributed by atoms with Crippen molar-refractivity contribution in [3.05, 3.63) is 57.9 Å². The summed E-state index contributed by atoms with van der Waals surface area (Å²) in [5.41, 5.74) is 9.70. The fourth-order valence-corrected chi connectivity index (χ4v) is 3.54. The van der Waals surface area contributed by atoms with Gasteiger partial charge in [-0.3, -0.25) is 4.99 Å². The molecule has 0 bridgehead atoms. The van der Waals surface area contributed by atoms with Crippen LogP contribution in [0.4, 0.5) is 0 Å². The highest BCUT2D eigenvalue weighted by atomic mass is 14.8. The van der Waals surface area contributed by atoms with E-state index in [1.165, 1.54) is 58.5 Å². The van der Waals surface area contributed by atoms with E-state index >= 15 is 0 Å². The molecule has 1 atom stereocenters. The van der Waals surface area contributed by atoms with E-state index in [-0.39, 0.29) is 0 Å². The predicted octanol–water partition coefficient (Wildman–Crippen LogP) is 5.68. The Bertz CT molecular complexity index is 643. The van der Waals surface area contributed by atoms with Crippen LogP contribution in [-0.4, -0.2) is 5.71 Å². The van der Waals surface area contributed by atoms with Crippen molar-refractivity contribution in [1.82, 2.24) is 0 Å². The van der Waals surface area contributed by atoms with Gasteiger partial charge in [-0.05, 0) is 51.2 Å². The molecule has 21 heavy (non-hydrogen) atoms. The van der Waals surface area contributed by atoms with Crippen LogP contribution in [0.2, 0.25) is 0 Å². The smallest absolute Gasteiger partial charge is 0.0675 e. The lowest BCUT2D eigenvalue weighted by atomic mass is 9.89. The number of hydrogen-bond acceptors (Lipinski definition) is 1. The molecule has 0 radical (unpaired) electrons. The molecule has 110 valence electrons. The van der Waals surface area contributed by atoms with Crippen LogP contribution in [0.5, 0.6) is 0 Å². The van der Waals surface area contributed by atoms with Crippen LogP contribution in [0.25, 0.3) is 0 Å². The maximum absolute atomic E-state index is 4.80. The highest BCUT2D eigenvalue weighted by Crippen LogP contribution is 2.44. The number of unbranched alkanes of at least 4 members (excludes halogenated alkanes) is 1. The number of rotatable bonds is 4. The van der Waals surface area contributed by atoms with Gasteiger partial charge in [0.15, 0.2) is 0 Å². The first kappa shape index (κ1) is 14.3. The Morgan fingerprint density at radius 3 is 2.86 bits per heavy atom. The Labute approximate surface area is 128 Å². The van der Waals surface area contributed by atoms with Crippen LogP contribution in [0.15, 0.2) is 62.9 Å². The van der Waals surface area contributed by atoms with Gasteiger partial charge in [0.1, 0.15) is 0 Å². The summed E-state index contributed by atoms with van der Waals surface area (Å²) in [6.45, 7) is 8.86. The van der Waals surface area contributed by atoms with Crippen LogP contribution in [0.1, 0.15) is 53.4 Å². The van der Waals surface area contributed by atoms with Gasteiger partial charge >= 0.3 is 0 Å². The van der Waals surface area contributed by atoms with Crippen LogP contribution < -0.4 is 0 Å². The molecule has 0 saturated heterocycles. The standard InChI is InChI=1S/C20H25N/c1-5-6-7-15-8-9-16(12-15)19-14(4)21-18-11-10-17(13(2)3)20(18)19/h8-9,11-12,16H,5-7,10H2,1-4H3. The first-order valence-electron chi connectivity index (χ1n) is 8.17. The molecule has 0 amide bonds. The lowest BCUT2D eigenvalue weighted by Crippen LogP contribution is -2.06. The number of allylic oxidation sites excluding steroid dienone is 8. The van der Waals surface area contributed by atoms with Crippen LogP contribution in [-0.2, 0) is 0 Å². The van der Waals surface area contributed by atoms with E-state index in [1.54, 1.807) is 0 Å². The molecule has 1 heterocycles. The quantitative estimate of drug-likeness (QED) is 0.627. The summed E-state index contributed by atoms with van der Waals surface area (Å²) < 4.78 is 0. The fourth-order valence-electron chi connectivity index (χ4n) is 3.54. The van der Waals surface area contributed by atoms with Crippen LogP contribution >= 0.6 is 0 Å². The molecule has 1 heteroatoms. The zero-order valence-corrected chi connectivity index (χ0v) is 13.7. The van der Waals surface area contributed by atoms with Gasteiger partial charge in [0.05, 0.1) is 5.70 Å². The molecule has 2 aliphatic carbocycles. The fraction of sp³-hybridized carbons (Fsp3) is 0.450. The molecule has 0 N–H and O–H groups in total. The van der Waals surface area contributed by atoms with Crippen molar-refractivity contribution in [3.63, 3.8) is 0 Å². The van der Waals surface area contributed by atoms with Gasteiger partial charge in [-0.1, -0.05) is 48.8 Å². The Balaban J connectivity index is 1.96. The second kappa shape index (κ2) is 5.63. The maximum atomic E-state index is 4.80. The topological polar surface area (TPSA) is 12.4 Å². The molecular formula is C20H25N. The Morgan fingerprint density at radius 1 is 1.33 bits per heavy atom. The van der Waals surface area contributed by atoms with Crippen molar-refractivity contribution in [3.8, 4) is 0 Å². The third-order valence-corrected chi connectivity index (χ3v) is 4.67. The number of aliphatic imine (C=N–C) groups is 1. The number of fused-ring (bicyclic) bond motifs is 1. The van der Waals surface area contributed by atoms with Gasteiger partial charge in [0.2, 0.25) is 0 Å². The van der Waals surface area contributed by atoms with Gasteiger partial charge in [0.25, 0.3) is 0 Å². The Morgan fingerprint density at radius 2 is 2.14 bits per heavy atom. The second-order valence-corrected chi connectivity index (χ2v) is 6.49. The first-order valence-corrected chi connectivity index (χ1v) is 8.17. The third-order valence-electron chi connectivity index (χ3n) is 4.67. The second-order valence-electron chi connectivity index (χ2n) is 6.49. The maximum Gasteiger partial charge on any atom is 0.0675 e. The summed E-state index contributed by atoms with van der Waals surface area (Å²) in [6, 6.07) is 0. The molecule has 0 aromatic carbocycles. The monoisotopic (exact) mass is 279 g/mol. The summed E-state index contributed by atoms with van der Waals surface area (Å²) in [6.07, 6.45) is 14.2. The van der Waals surface area contributed by atoms with Gasteiger partial charge in [0, 0.05) is 17.2 Å². The highest BCUT2D eigenvalue weighted by Gasteiger charge is 2.31. The molecule has 0 aromatic rings. The average Bonchev–Trinajstić information content (AvgIpc) is 3.10. The largest absolute Gasteiger partial charge is 0.253 e. The van der Waals surface area contributed by atoms with E-state index in [4.69, 9.17) is 4.99 Å². The lowest BCUT2D eigenvalue weighted by Gasteiger charge is -2.13. The van der Waals surface area contributed by atoms with E-state index in [9.17, 15) is 0 Å². The minimum absolute atomic E-state index is 0.425. The van der Waals surface area contributed by atoms with E-state index in [1.807, 2.05) is 0 Å². The zero-order chi connectivity index (χ0) is 15.0. The normalized spacial score (nSPS) is 23.5. The van der Waals surface area contributed by atoms with E-state index in [2.05, 4.69) is 52.0 Å². The Hall–Kier alpha value is -1.63. The number of hydrogen-bond donors (Lipinski definition) is 0. The van der Waals surface area contributed by atoms with Crippen molar-refractivity contribution in [2.45, 2.75) is 53.4 Å². The molecule has 1 unspecified atom stereocenters. The molecule has 3 rings (SSSR count). The summed E-state index contributed by atoms with van der Waals surface area (Å²) >= 11 is 0. The SMILES string of the molecule is CCCCC1=CC(C2=C3C(=CCC3=C(C)C)N=C2C)C=C1. The van der Waals surface area contributed by atoms with Crippen LogP contribution in [0, 0.1) is 5.92 Å². The van der Waals surface area contributed by atoms with Crippen LogP contribution in [0.3, 0.4) is 0 Å². The molecule has 0 spiro atoms. The minimum atomic E-state index is 0.425. The third kappa shape index (κ3) is 2.50. The van der Waals surface area contributed by atoms with Gasteiger partial charge < -0.3 is 0 Å². The zero-order valence-electron chi connectivity index (χ0n) is 13.7.